The Morgan fingerprint density at radius 3 is 2.39 bits per heavy atom. The van der Waals surface area contributed by atoms with Crippen molar-refractivity contribution < 1.29 is 14.3 Å². The van der Waals surface area contributed by atoms with Crippen LogP contribution in [0.5, 0.6) is 5.75 Å². The molecule has 0 saturated heterocycles. The minimum absolute atomic E-state index is 0.101. The lowest BCUT2D eigenvalue weighted by Gasteiger charge is -1.96. The van der Waals surface area contributed by atoms with E-state index in [1.807, 2.05) is 0 Å². The number of para-hydroxylation sites is 1. The Morgan fingerprint density at radius 1 is 1.06 bits per heavy atom. The highest BCUT2D eigenvalue weighted by Crippen LogP contribution is 2.15. The number of Topliss-reactive ketones (excluding diaryl/α,β-unsaturated/α-hetero) is 1. The summed E-state index contributed by atoms with van der Waals surface area (Å²) in [6.07, 6.45) is 0. The van der Waals surface area contributed by atoms with Crippen LogP contribution in [0.4, 0.5) is 4.39 Å². The van der Waals surface area contributed by atoms with Gasteiger partial charge in [0.25, 0.3) is 0 Å². The van der Waals surface area contributed by atoms with Crippen molar-refractivity contribution in [3.05, 3.63) is 65.5 Å². The monoisotopic (exact) mass is 240 g/mol. The Morgan fingerprint density at radius 2 is 1.72 bits per heavy atom. The zero-order valence-electron chi connectivity index (χ0n) is 9.35. The molecule has 3 heteroatoms. The van der Waals surface area contributed by atoms with Crippen molar-refractivity contribution in [3.8, 4) is 17.6 Å². The minimum atomic E-state index is -0.475. The first-order valence-electron chi connectivity index (χ1n) is 5.27. The molecular weight excluding hydrogens is 231 g/mol. The maximum atomic E-state index is 12.7. The SMILES string of the molecule is O=C(C#Cc1ccc(F)cc1)c1ccccc1O. The first kappa shape index (κ1) is 11.9. The number of hydrogen-bond acceptors (Lipinski definition) is 2. The molecule has 2 aromatic rings. The molecule has 0 atom stereocenters. The second-order valence-electron chi connectivity index (χ2n) is 3.60. The van der Waals surface area contributed by atoms with Crippen molar-refractivity contribution >= 4 is 5.78 Å². The van der Waals surface area contributed by atoms with Crippen LogP contribution in [0, 0.1) is 17.7 Å². The van der Waals surface area contributed by atoms with Crippen molar-refractivity contribution in [2.75, 3.05) is 0 Å². The summed E-state index contributed by atoms with van der Waals surface area (Å²) in [6, 6.07) is 11.7. The third-order valence-electron chi connectivity index (χ3n) is 2.31. The number of hydrogen-bond donors (Lipinski definition) is 1. The maximum Gasteiger partial charge on any atom is 0.239 e. The summed E-state index contributed by atoms with van der Waals surface area (Å²) in [5, 5.41) is 9.48. The van der Waals surface area contributed by atoms with Crippen LogP contribution in [0.3, 0.4) is 0 Å². The molecule has 0 fully saturated rings. The normalized spacial score (nSPS) is 9.39. The van der Waals surface area contributed by atoms with E-state index < -0.39 is 5.78 Å². The van der Waals surface area contributed by atoms with Crippen LogP contribution in [-0.2, 0) is 0 Å². The van der Waals surface area contributed by atoms with Crippen molar-refractivity contribution in [1.82, 2.24) is 0 Å². The van der Waals surface area contributed by atoms with E-state index in [9.17, 15) is 14.3 Å². The number of phenolic OH excluding ortho intramolecular Hbond substituents is 1. The molecule has 0 radical (unpaired) electrons. The van der Waals surface area contributed by atoms with Gasteiger partial charge >= 0.3 is 0 Å². The van der Waals surface area contributed by atoms with E-state index in [1.165, 1.54) is 36.4 Å². The van der Waals surface area contributed by atoms with Crippen LogP contribution in [0.1, 0.15) is 15.9 Å². The molecule has 0 aliphatic carbocycles. The van der Waals surface area contributed by atoms with Gasteiger partial charge in [-0.2, -0.15) is 0 Å². The zero-order chi connectivity index (χ0) is 13.0. The van der Waals surface area contributed by atoms with Crippen LogP contribution < -0.4 is 0 Å². The quantitative estimate of drug-likeness (QED) is 0.614. The molecule has 0 heterocycles. The number of phenols is 1. The molecule has 0 spiro atoms. The molecule has 0 bridgehead atoms. The van der Waals surface area contributed by atoms with Crippen LogP contribution in [-0.4, -0.2) is 10.9 Å². The summed E-state index contributed by atoms with van der Waals surface area (Å²) < 4.78 is 12.7. The predicted molar refractivity (Wildman–Crippen MR) is 65.7 cm³/mol. The topological polar surface area (TPSA) is 37.3 Å². The van der Waals surface area contributed by atoms with Crippen molar-refractivity contribution in [3.63, 3.8) is 0 Å². The Labute approximate surface area is 104 Å². The van der Waals surface area contributed by atoms with Gasteiger partial charge in [-0.15, -0.1) is 0 Å². The number of carbonyl (C=O) groups is 1. The molecular formula is C15H9FO2. The Bertz CT molecular complexity index is 634. The van der Waals surface area contributed by atoms with Gasteiger partial charge in [0.05, 0.1) is 5.56 Å². The van der Waals surface area contributed by atoms with Gasteiger partial charge in [-0.3, -0.25) is 4.79 Å². The smallest absolute Gasteiger partial charge is 0.239 e. The molecule has 0 aromatic heterocycles. The number of ketones is 1. The lowest BCUT2D eigenvalue weighted by atomic mass is 10.1. The summed E-state index contributed by atoms with van der Waals surface area (Å²) in [6.45, 7) is 0. The van der Waals surface area contributed by atoms with E-state index in [-0.39, 0.29) is 17.1 Å². The third kappa shape index (κ3) is 2.74. The first-order valence-corrected chi connectivity index (χ1v) is 5.27. The van der Waals surface area contributed by atoms with E-state index in [1.54, 1.807) is 12.1 Å². The second-order valence-corrected chi connectivity index (χ2v) is 3.60. The van der Waals surface area contributed by atoms with Gasteiger partial charge in [-0.1, -0.05) is 18.1 Å². The molecule has 0 amide bonds. The molecule has 2 nitrogen and oxygen atoms in total. The summed E-state index contributed by atoms with van der Waals surface area (Å²) in [4.78, 5) is 11.7. The molecule has 0 aliphatic rings. The molecule has 2 aromatic carbocycles. The second kappa shape index (κ2) is 5.15. The van der Waals surface area contributed by atoms with Crippen LogP contribution >= 0.6 is 0 Å². The largest absolute Gasteiger partial charge is 0.507 e. The Hall–Kier alpha value is -2.60. The molecule has 0 unspecified atom stereocenters. The van der Waals surface area contributed by atoms with Crippen molar-refractivity contribution in [1.29, 1.82) is 0 Å². The summed E-state index contributed by atoms with van der Waals surface area (Å²) in [5.41, 5.74) is 0.701. The summed E-state index contributed by atoms with van der Waals surface area (Å²) in [5.74, 6) is 4.09. The van der Waals surface area contributed by atoms with E-state index in [0.29, 0.717) is 5.56 Å². The average Bonchev–Trinajstić information content (AvgIpc) is 2.38. The van der Waals surface area contributed by atoms with Gasteiger partial charge in [0.2, 0.25) is 5.78 Å². The lowest BCUT2D eigenvalue weighted by molar-refractivity contribution is 0.105. The maximum absolute atomic E-state index is 12.7. The van der Waals surface area contributed by atoms with Gasteiger partial charge < -0.3 is 5.11 Å². The van der Waals surface area contributed by atoms with Crippen molar-refractivity contribution in [2.45, 2.75) is 0 Å². The standard InChI is InChI=1S/C15H9FO2/c16-12-8-5-11(6-9-12)7-10-15(18)13-3-1-2-4-14(13)17/h1-6,8-9,17H. The molecule has 1 N–H and O–H groups in total. The number of halogens is 1. The molecule has 0 saturated carbocycles. The van der Waals surface area contributed by atoms with E-state index in [2.05, 4.69) is 11.8 Å². The fraction of sp³-hybridized carbons (Fsp3) is 0. The fourth-order valence-electron chi connectivity index (χ4n) is 1.40. The van der Waals surface area contributed by atoms with E-state index in [4.69, 9.17) is 0 Å². The summed E-state index contributed by atoms with van der Waals surface area (Å²) >= 11 is 0. The number of carbonyl (C=O) groups excluding carboxylic acids is 1. The van der Waals surface area contributed by atoms with Gasteiger partial charge in [-0.25, -0.2) is 4.39 Å². The van der Waals surface area contributed by atoms with Gasteiger partial charge in [0.1, 0.15) is 11.6 Å². The molecule has 18 heavy (non-hydrogen) atoms. The minimum Gasteiger partial charge on any atom is -0.507 e. The fourth-order valence-corrected chi connectivity index (χ4v) is 1.40. The van der Waals surface area contributed by atoms with Gasteiger partial charge in [-0.05, 0) is 42.3 Å². The average molecular weight is 240 g/mol. The zero-order valence-corrected chi connectivity index (χ0v) is 9.35. The Kier molecular flexibility index (Phi) is 3.40. The lowest BCUT2D eigenvalue weighted by Crippen LogP contribution is -1.95. The number of rotatable bonds is 1. The van der Waals surface area contributed by atoms with E-state index >= 15 is 0 Å². The molecule has 0 aliphatic heterocycles. The predicted octanol–water partition coefficient (Wildman–Crippen LogP) is 2.77. The van der Waals surface area contributed by atoms with Crippen LogP contribution in [0.25, 0.3) is 0 Å². The number of aromatic hydroxyl groups is 1. The number of benzene rings is 2. The van der Waals surface area contributed by atoms with Crippen molar-refractivity contribution in [2.24, 2.45) is 0 Å². The van der Waals surface area contributed by atoms with Crippen LogP contribution in [0.2, 0.25) is 0 Å². The third-order valence-corrected chi connectivity index (χ3v) is 2.31. The highest BCUT2D eigenvalue weighted by Gasteiger charge is 2.06. The first-order chi connectivity index (χ1) is 8.66. The van der Waals surface area contributed by atoms with Gasteiger partial charge in [0, 0.05) is 5.56 Å². The van der Waals surface area contributed by atoms with E-state index in [0.717, 1.165) is 0 Å². The Balaban J connectivity index is 2.23. The molecule has 88 valence electrons. The van der Waals surface area contributed by atoms with Gasteiger partial charge in [0.15, 0.2) is 0 Å². The molecule has 2 rings (SSSR count). The van der Waals surface area contributed by atoms with Crippen LogP contribution in [0.15, 0.2) is 48.5 Å². The highest BCUT2D eigenvalue weighted by molar-refractivity contribution is 6.10. The highest BCUT2D eigenvalue weighted by atomic mass is 19.1. The summed E-state index contributed by atoms with van der Waals surface area (Å²) in [7, 11) is 0.